The Kier molecular flexibility index (Phi) is 40.1. The van der Waals surface area contributed by atoms with Gasteiger partial charge in [0.1, 0.15) is 13.6 Å². The third-order valence-electron chi connectivity index (χ3n) is 8.69. The van der Waals surface area contributed by atoms with Gasteiger partial charge in [-0.05, 0) is 77.0 Å². The number of alkyl halides is 2. The van der Waals surface area contributed by atoms with Gasteiger partial charge in [-0.15, -0.1) is 23.2 Å². The summed E-state index contributed by atoms with van der Waals surface area (Å²) in [6.45, 7) is 5.16. The largest absolute Gasteiger partial charge is 0.352 e. The quantitative estimate of drug-likeness (QED) is 0.0282. The lowest BCUT2D eigenvalue weighted by atomic mass is 10.1. The smallest absolute Gasteiger partial charge is 0.149 e. The molecule has 3 nitrogen and oxygen atoms in total. The van der Waals surface area contributed by atoms with Crippen LogP contribution in [-0.4, -0.2) is 37.6 Å². The molecule has 0 fully saturated rings. The van der Waals surface area contributed by atoms with Crippen molar-refractivity contribution in [2.24, 2.45) is 0 Å². The molecule has 2 atom stereocenters. The second-order valence-electron chi connectivity index (χ2n) is 13.0. The molecule has 45 heavy (non-hydrogen) atoms. The van der Waals surface area contributed by atoms with Gasteiger partial charge in [-0.3, -0.25) is 0 Å². The number of hydrogen-bond acceptors (Lipinski definition) is 3. The standard InChI is InChI=1S/C40H76Cl2O3/c1-3-5-31-39(33-27-23-19-15-11-7-9-13-17-21-25-29-35-41)44-37-43-38-45-40(32-6-4-2)34-28-24-20-16-12-8-10-14-18-22-26-30-36-42/h19-20,23-24,39-40H,3-18,21-22,25-38H2,1-2H3. The van der Waals surface area contributed by atoms with Gasteiger partial charge in [0, 0.05) is 11.8 Å². The number of allylic oxidation sites excluding steroid dienone is 4. The van der Waals surface area contributed by atoms with E-state index < -0.39 is 0 Å². The summed E-state index contributed by atoms with van der Waals surface area (Å²) in [4.78, 5) is 0. The average Bonchev–Trinajstić information content (AvgIpc) is 3.05. The van der Waals surface area contributed by atoms with Crippen molar-refractivity contribution in [3.63, 3.8) is 0 Å². The summed E-state index contributed by atoms with van der Waals surface area (Å²) in [5, 5.41) is 0. The second kappa shape index (κ2) is 40.1. The number of unbranched alkanes of at least 4 members (excludes halogenated alkanes) is 18. The van der Waals surface area contributed by atoms with Crippen molar-refractivity contribution >= 4 is 23.2 Å². The fraction of sp³-hybridized carbons (Fsp3) is 0.900. The van der Waals surface area contributed by atoms with E-state index in [2.05, 4.69) is 38.2 Å². The predicted molar refractivity (Wildman–Crippen MR) is 201 cm³/mol. The zero-order valence-electron chi connectivity index (χ0n) is 30.1. The van der Waals surface area contributed by atoms with Gasteiger partial charge in [-0.25, -0.2) is 0 Å². The number of halogens is 2. The Balaban J connectivity index is 3.97. The summed E-state index contributed by atoms with van der Waals surface area (Å²) >= 11 is 11.5. The van der Waals surface area contributed by atoms with Gasteiger partial charge >= 0.3 is 0 Å². The molecular formula is C40H76Cl2O3. The Morgan fingerprint density at radius 2 is 0.733 bits per heavy atom. The van der Waals surface area contributed by atoms with Gasteiger partial charge in [-0.1, -0.05) is 141 Å². The topological polar surface area (TPSA) is 27.7 Å². The van der Waals surface area contributed by atoms with Crippen molar-refractivity contribution in [3.8, 4) is 0 Å². The van der Waals surface area contributed by atoms with Crippen LogP contribution in [0.15, 0.2) is 24.3 Å². The molecule has 0 heterocycles. The molecule has 0 aliphatic carbocycles. The summed E-state index contributed by atoms with van der Waals surface area (Å²) < 4.78 is 18.1. The van der Waals surface area contributed by atoms with Crippen LogP contribution < -0.4 is 0 Å². The molecule has 0 aromatic rings. The van der Waals surface area contributed by atoms with Gasteiger partial charge in [0.15, 0.2) is 0 Å². The van der Waals surface area contributed by atoms with Crippen LogP contribution in [0.3, 0.4) is 0 Å². The zero-order chi connectivity index (χ0) is 32.7. The van der Waals surface area contributed by atoms with Crippen molar-refractivity contribution in [1.82, 2.24) is 0 Å². The molecule has 0 spiro atoms. The maximum absolute atomic E-state index is 6.14. The van der Waals surface area contributed by atoms with E-state index in [-0.39, 0.29) is 12.2 Å². The summed E-state index contributed by atoms with van der Waals surface area (Å²) in [6, 6.07) is 0. The van der Waals surface area contributed by atoms with E-state index in [0.29, 0.717) is 13.6 Å². The van der Waals surface area contributed by atoms with Gasteiger partial charge < -0.3 is 14.2 Å². The molecule has 0 aromatic carbocycles. The molecule has 0 saturated heterocycles. The fourth-order valence-electron chi connectivity index (χ4n) is 5.68. The molecule has 2 unspecified atom stereocenters. The average molecular weight is 676 g/mol. The van der Waals surface area contributed by atoms with Crippen LogP contribution >= 0.6 is 23.2 Å². The highest BCUT2D eigenvalue weighted by Crippen LogP contribution is 2.16. The van der Waals surface area contributed by atoms with Crippen LogP contribution in [0.25, 0.3) is 0 Å². The molecule has 0 N–H and O–H groups in total. The van der Waals surface area contributed by atoms with Crippen molar-refractivity contribution in [2.75, 3.05) is 25.3 Å². The zero-order valence-corrected chi connectivity index (χ0v) is 31.6. The van der Waals surface area contributed by atoms with Crippen molar-refractivity contribution in [2.45, 2.75) is 206 Å². The van der Waals surface area contributed by atoms with Crippen molar-refractivity contribution in [1.29, 1.82) is 0 Å². The van der Waals surface area contributed by atoms with Gasteiger partial charge in [0.05, 0.1) is 12.2 Å². The van der Waals surface area contributed by atoms with Crippen LogP contribution in [0, 0.1) is 0 Å². The highest BCUT2D eigenvalue weighted by atomic mass is 35.5. The van der Waals surface area contributed by atoms with Gasteiger partial charge in [0.2, 0.25) is 0 Å². The van der Waals surface area contributed by atoms with Crippen molar-refractivity contribution in [3.05, 3.63) is 24.3 Å². The summed E-state index contributed by atoms with van der Waals surface area (Å²) in [6.07, 6.45) is 45.0. The first-order valence-electron chi connectivity index (χ1n) is 19.5. The molecule has 0 amide bonds. The minimum absolute atomic E-state index is 0.274. The minimum atomic E-state index is 0.274. The predicted octanol–water partition coefficient (Wildman–Crippen LogP) is 14.2. The highest BCUT2D eigenvalue weighted by Gasteiger charge is 2.10. The highest BCUT2D eigenvalue weighted by molar-refractivity contribution is 6.18. The van der Waals surface area contributed by atoms with Gasteiger partial charge in [0.25, 0.3) is 0 Å². The van der Waals surface area contributed by atoms with Crippen LogP contribution in [0.1, 0.15) is 194 Å². The first-order chi connectivity index (χ1) is 22.3. The van der Waals surface area contributed by atoms with E-state index in [9.17, 15) is 0 Å². The Morgan fingerprint density at radius 1 is 0.400 bits per heavy atom. The maximum Gasteiger partial charge on any atom is 0.149 e. The van der Waals surface area contributed by atoms with E-state index in [1.54, 1.807) is 0 Å². The first-order valence-corrected chi connectivity index (χ1v) is 20.6. The first kappa shape index (κ1) is 44.9. The van der Waals surface area contributed by atoms with E-state index in [1.807, 2.05) is 0 Å². The fourth-order valence-corrected chi connectivity index (χ4v) is 6.06. The Labute approximate surface area is 292 Å². The number of rotatable bonds is 38. The van der Waals surface area contributed by atoms with E-state index in [0.717, 1.165) is 50.3 Å². The molecule has 268 valence electrons. The summed E-state index contributed by atoms with van der Waals surface area (Å²) in [5.74, 6) is 1.63. The lowest BCUT2D eigenvalue weighted by molar-refractivity contribution is -0.167. The Morgan fingerprint density at radius 3 is 1.09 bits per heavy atom. The lowest BCUT2D eigenvalue weighted by Crippen LogP contribution is -2.19. The third kappa shape index (κ3) is 36.6. The molecule has 0 bridgehead atoms. The van der Waals surface area contributed by atoms with E-state index in [1.165, 1.54) is 141 Å². The molecule has 0 radical (unpaired) electrons. The Bertz CT molecular complexity index is 548. The molecule has 0 aliphatic rings. The summed E-state index contributed by atoms with van der Waals surface area (Å²) in [7, 11) is 0. The van der Waals surface area contributed by atoms with E-state index in [4.69, 9.17) is 37.4 Å². The SMILES string of the molecule is CCCCC(CCC=CCCCCCCCCCCCl)OCOCOC(CCC=CCCCCCCCCCCCl)CCCC. The lowest BCUT2D eigenvalue weighted by Gasteiger charge is -2.19. The minimum Gasteiger partial charge on any atom is -0.352 e. The summed E-state index contributed by atoms with van der Waals surface area (Å²) in [5.41, 5.74) is 0. The van der Waals surface area contributed by atoms with Crippen LogP contribution in [-0.2, 0) is 14.2 Å². The monoisotopic (exact) mass is 675 g/mol. The second-order valence-corrected chi connectivity index (χ2v) is 13.8. The van der Waals surface area contributed by atoms with E-state index >= 15 is 0 Å². The molecule has 0 saturated carbocycles. The number of hydrogen-bond donors (Lipinski definition) is 0. The van der Waals surface area contributed by atoms with Crippen LogP contribution in [0.2, 0.25) is 0 Å². The van der Waals surface area contributed by atoms with Crippen molar-refractivity contribution < 1.29 is 14.2 Å². The van der Waals surface area contributed by atoms with Crippen LogP contribution in [0.5, 0.6) is 0 Å². The van der Waals surface area contributed by atoms with Gasteiger partial charge in [-0.2, -0.15) is 0 Å². The molecular weight excluding hydrogens is 599 g/mol. The van der Waals surface area contributed by atoms with Crippen LogP contribution in [0.4, 0.5) is 0 Å². The number of ether oxygens (including phenoxy) is 3. The molecule has 5 heteroatoms. The maximum atomic E-state index is 6.14. The normalized spacial score (nSPS) is 13.4. The molecule has 0 rings (SSSR count). The molecule has 0 aromatic heterocycles. The molecule has 0 aliphatic heterocycles. The Hall–Kier alpha value is -0.0600. The third-order valence-corrected chi connectivity index (χ3v) is 9.22.